The van der Waals surface area contributed by atoms with E-state index in [-0.39, 0.29) is 11.5 Å². The average molecular weight is 379 g/mol. The maximum absolute atomic E-state index is 12.5. The fourth-order valence-electron chi connectivity index (χ4n) is 3.14. The molecule has 6 nitrogen and oxygen atoms in total. The molecule has 2 aromatic heterocycles. The number of anilines is 1. The minimum atomic E-state index is -0.344. The molecule has 1 amide bonds. The molecule has 140 valence electrons. The molecule has 0 radical (unpaired) electrons. The van der Waals surface area contributed by atoms with E-state index in [0.717, 1.165) is 5.56 Å². The van der Waals surface area contributed by atoms with Gasteiger partial charge in [-0.2, -0.15) is 5.26 Å². The molecule has 0 saturated carbocycles. The van der Waals surface area contributed by atoms with Crippen molar-refractivity contribution in [3.8, 4) is 6.07 Å². The van der Waals surface area contributed by atoms with Crippen molar-refractivity contribution in [2.45, 2.75) is 6.54 Å². The number of nitrogens with zero attached hydrogens (tertiary/aromatic N) is 4. The highest BCUT2D eigenvalue weighted by atomic mass is 16.1. The Hall–Kier alpha value is -4.24. The lowest BCUT2D eigenvalue weighted by atomic mass is 10.2. The third-order valence-corrected chi connectivity index (χ3v) is 4.44. The summed E-state index contributed by atoms with van der Waals surface area (Å²) in [4.78, 5) is 21.8. The standard InChI is InChI=1S/C23H17N5O/c1-2-14-28-22(27-20(29)13-12-16-8-4-3-5-9-16)17(15-24)21-23(28)26-19-11-7-6-10-18(19)25-21/h2-13H,1,14H2,(H,27,29)/b13-12+. The SMILES string of the molecule is C=CCn1c(NC(=O)/C=C/c2ccccc2)c(C#N)c2nc3ccccc3nc21. The molecule has 1 N–H and O–H groups in total. The zero-order chi connectivity index (χ0) is 20.2. The molecule has 0 bridgehead atoms. The maximum atomic E-state index is 12.5. The van der Waals surface area contributed by atoms with Gasteiger partial charge < -0.3 is 9.88 Å². The molecule has 4 rings (SSSR count). The zero-order valence-electron chi connectivity index (χ0n) is 15.5. The van der Waals surface area contributed by atoms with Gasteiger partial charge in [0.05, 0.1) is 11.0 Å². The minimum Gasteiger partial charge on any atom is -0.307 e. The molecule has 2 aromatic carbocycles. The van der Waals surface area contributed by atoms with Gasteiger partial charge in [0, 0.05) is 12.6 Å². The van der Waals surface area contributed by atoms with Crippen molar-refractivity contribution in [2.75, 3.05) is 5.32 Å². The number of carbonyl (C=O) groups is 1. The Morgan fingerprint density at radius 1 is 1.10 bits per heavy atom. The van der Waals surface area contributed by atoms with E-state index in [4.69, 9.17) is 0 Å². The number of amides is 1. The Morgan fingerprint density at radius 3 is 2.48 bits per heavy atom. The van der Waals surface area contributed by atoms with E-state index in [0.29, 0.717) is 34.6 Å². The molecule has 0 aliphatic carbocycles. The number of fused-ring (bicyclic) bond motifs is 2. The van der Waals surface area contributed by atoms with Gasteiger partial charge in [0.2, 0.25) is 5.91 Å². The third kappa shape index (κ3) is 3.49. The predicted octanol–water partition coefficient (Wildman–Crippen LogP) is 4.29. The van der Waals surface area contributed by atoms with Crippen LogP contribution >= 0.6 is 0 Å². The fraction of sp³-hybridized carbons (Fsp3) is 0.0435. The van der Waals surface area contributed by atoms with Crippen LogP contribution in [0.1, 0.15) is 11.1 Å². The molecular formula is C23H17N5O. The average Bonchev–Trinajstić information content (AvgIpc) is 3.03. The Bertz CT molecular complexity index is 1300. The van der Waals surface area contributed by atoms with E-state index in [1.54, 1.807) is 16.7 Å². The molecule has 0 saturated heterocycles. The summed E-state index contributed by atoms with van der Waals surface area (Å²) in [5, 5.41) is 12.6. The first-order chi connectivity index (χ1) is 14.2. The Kier molecular flexibility index (Phi) is 4.87. The number of para-hydroxylation sites is 2. The van der Waals surface area contributed by atoms with Crippen LogP contribution in [-0.4, -0.2) is 20.4 Å². The molecule has 6 heteroatoms. The number of carbonyl (C=O) groups excluding carboxylic acids is 1. The third-order valence-electron chi connectivity index (χ3n) is 4.44. The van der Waals surface area contributed by atoms with Crippen LogP contribution in [0.2, 0.25) is 0 Å². The summed E-state index contributed by atoms with van der Waals surface area (Å²) in [5.74, 6) is 0.0171. The van der Waals surface area contributed by atoms with E-state index >= 15 is 0 Å². The lowest BCUT2D eigenvalue weighted by Gasteiger charge is -2.08. The summed E-state index contributed by atoms with van der Waals surface area (Å²) in [7, 11) is 0. The number of hydrogen-bond donors (Lipinski definition) is 1. The Balaban J connectivity index is 1.80. The Labute approximate surface area is 167 Å². The van der Waals surface area contributed by atoms with Gasteiger partial charge in [-0.05, 0) is 23.8 Å². The summed E-state index contributed by atoms with van der Waals surface area (Å²) < 4.78 is 1.74. The van der Waals surface area contributed by atoms with Gasteiger partial charge in [0.15, 0.2) is 5.65 Å². The van der Waals surface area contributed by atoms with Crippen LogP contribution in [0.5, 0.6) is 0 Å². The van der Waals surface area contributed by atoms with Gasteiger partial charge >= 0.3 is 0 Å². The monoisotopic (exact) mass is 379 g/mol. The summed E-state index contributed by atoms with van der Waals surface area (Å²) in [6.07, 6.45) is 4.84. The highest BCUT2D eigenvalue weighted by Gasteiger charge is 2.21. The largest absolute Gasteiger partial charge is 0.307 e. The summed E-state index contributed by atoms with van der Waals surface area (Å²) in [5.41, 5.74) is 3.58. The van der Waals surface area contributed by atoms with E-state index in [1.807, 2.05) is 54.6 Å². The minimum absolute atomic E-state index is 0.279. The second-order valence-electron chi connectivity index (χ2n) is 6.35. The van der Waals surface area contributed by atoms with Crippen LogP contribution in [0.3, 0.4) is 0 Å². The van der Waals surface area contributed by atoms with Crippen LogP contribution in [0, 0.1) is 11.3 Å². The molecule has 29 heavy (non-hydrogen) atoms. The first kappa shape index (κ1) is 18.1. The van der Waals surface area contributed by atoms with Crippen LogP contribution in [0.4, 0.5) is 5.82 Å². The Morgan fingerprint density at radius 2 is 1.79 bits per heavy atom. The van der Waals surface area contributed by atoms with Crippen molar-refractivity contribution in [1.29, 1.82) is 5.26 Å². The summed E-state index contributed by atoms with van der Waals surface area (Å²) in [6, 6.07) is 19.1. The van der Waals surface area contributed by atoms with Gasteiger partial charge in [-0.25, -0.2) is 9.97 Å². The van der Waals surface area contributed by atoms with E-state index in [9.17, 15) is 10.1 Å². The fourth-order valence-corrected chi connectivity index (χ4v) is 3.14. The molecule has 4 aromatic rings. The van der Waals surface area contributed by atoms with Gasteiger partial charge in [-0.15, -0.1) is 6.58 Å². The normalized spacial score (nSPS) is 11.0. The van der Waals surface area contributed by atoms with Crippen molar-refractivity contribution >= 4 is 40.0 Å². The lowest BCUT2D eigenvalue weighted by molar-refractivity contribution is -0.111. The number of nitrogens with one attached hydrogen (secondary N) is 1. The van der Waals surface area contributed by atoms with Gasteiger partial charge in [-0.1, -0.05) is 48.5 Å². The molecule has 0 spiro atoms. The van der Waals surface area contributed by atoms with Gasteiger partial charge in [-0.3, -0.25) is 4.79 Å². The highest BCUT2D eigenvalue weighted by Crippen LogP contribution is 2.29. The number of benzene rings is 2. The van der Waals surface area contributed by atoms with Crippen LogP contribution in [0.25, 0.3) is 28.3 Å². The summed E-state index contributed by atoms with van der Waals surface area (Å²) >= 11 is 0. The van der Waals surface area contributed by atoms with Gasteiger partial charge in [0.25, 0.3) is 0 Å². The van der Waals surface area contributed by atoms with E-state index in [2.05, 4.69) is 27.9 Å². The predicted molar refractivity (Wildman–Crippen MR) is 114 cm³/mol. The van der Waals surface area contributed by atoms with Crippen LogP contribution in [0.15, 0.2) is 73.3 Å². The topological polar surface area (TPSA) is 83.6 Å². The zero-order valence-corrected chi connectivity index (χ0v) is 15.5. The van der Waals surface area contributed by atoms with Crippen molar-refractivity contribution in [1.82, 2.24) is 14.5 Å². The highest BCUT2D eigenvalue weighted by molar-refractivity contribution is 6.05. The number of rotatable bonds is 5. The first-order valence-electron chi connectivity index (χ1n) is 9.05. The second-order valence-corrected chi connectivity index (χ2v) is 6.35. The lowest BCUT2D eigenvalue weighted by Crippen LogP contribution is -2.13. The molecule has 2 heterocycles. The maximum Gasteiger partial charge on any atom is 0.249 e. The van der Waals surface area contributed by atoms with Crippen LogP contribution < -0.4 is 5.32 Å². The van der Waals surface area contributed by atoms with Gasteiger partial charge in [0.1, 0.15) is 23.0 Å². The van der Waals surface area contributed by atoms with E-state index in [1.165, 1.54) is 6.08 Å². The smallest absolute Gasteiger partial charge is 0.249 e. The molecule has 0 aliphatic heterocycles. The quantitative estimate of drug-likeness (QED) is 0.414. The van der Waals surface area contributed by atoms with Crippen molar-refractivity contribution in [2.24, 2.45) is 0 Å². The number of allylic oxidation sites excluding steroid dienone is 1. The molecule has 0 fully saturated rings. The van der Waals surface area contributed by atoms with Crippen molar-refractivity contribution in [3.63, 3.8) is 0 Å². The molecule has 0 unspecified atom stereocenters. The number of hydrogen-bond acceptors (Lipinski definition) is 4. The van der Waals surface area contributed by atoms with Crippen molar-refractivity contribution in [3.05, 3.63) is 84.5 Å². The molecular weight excluding hydrogens is 362 g/mol. The second kappa shape index (κ2) is 7.79. The number of aromatic nitrogens is 3. The molecule has 0 atom stereocenters. The first-order valence-corrected chi connectivity index (χ1v) is 9.05. The van der Waals surface area contributed by atoms with E-state index < -0.39 is 0 Å². The molecule has 0 aliphatic rings. The van der Waals surface area contributed by atoms with Crippen molar-refractivity contribution < 1.29 is 4.79 Å². The van der Waals surface area contributed by atoms with Crippen LogP contribution in [-0.2, 0) is 11.3 Å². The summed E-state index contributed by atoms with van der Waals surface area (Å²) in [6.45, 7) is 4.16. The number of nitriles is 1.